The maximum Gasteiger partial charge on any atom is 0.213 e. The number of hydrogen-bond donors (Lipinski definition) is 1. The molecule has 1 fully saturated rings. The number of anilines is 1. The van der Waals surface area contributed by atoms with Crippen LogP contribution in [0.1, 0.15) is 33.6 Å². The molecule has 0 bridgehead atoms. The molecule has 4 nitrogen and oxygen atoms in total. The van der Waals surface area contributed by atoms with E-state index in [0.29, 0.717) is 22.3 Å². The zero-order valence-electron chi connectivity index (χ0n) is 14.9. The lowest BCUT2D eigenvalue weighted by Crippen LogP contribution is -2.48. The Morgan fingerprint density at radius 2 is 1.96 bits per heavy atom. The maximum absolute atomic E-state index is 13.4. The third-order valence-electron chi connectivity index (χ3n) is 4.64. The second kappa shape index (κ2) is 7.26. The number of piperidine rings is 1. The van der Waals surface area contributed by atoms with Crippen LogP contribution in [0.15, 0.2) is 30.5 Å². The highest BCUT2D eigenvalue weighted by Crippen LogP contribution is 2.29. The van der Waals surface area contributed by atoms with E-state index in [1.54, 1.807) is 18.3 Å². The summed E-state index contributed by atoms with van der Waals surface area (Å²) in [4.78, 5) is 10.8. The number of halogens is 2. The van der Waals surface area contributed by atoms with Crippen LogP contribution >= 0.6 is 11.6 Å². The van der Waals surface area contributed by atoms with Crippen LogP contribution in [0.4, 0.5) is 10.2 Å². The smallest absolute Gasteiger partial charge is 0.213 e. The van der Waals surface area contributed by atoms with Crippen molar-refractivity contribution in [1.29, 1.82) is 0 Å². The Labute approximate surface area is 153 Å². The summed E-state index contributed by atoms with van der Waals surface area (Å²) in [6.07, 6.45) is 3.72. The molecule has 2 aromatic rings. The molecule has 0 spiro atoms. The van der Waals surface area contributed by atoms with Gasteiger partial charge in [-0.25, -0.2) is 9.97 Å². The van der Waals surface area contributed by atoms with Gasteiger partial charge >= 0.3 is 0 Å². The lowest BCUT2D eigenvalue weighted by Gasteiger charge is -2.41. The zero-order chi connectivity index (χ0) is 18.0. The molecule has 1 aliphatic heterocycles. The van der Waals surface area contributed by atoms with Crippen LogP contribution in [0, 0.1) is 5.95 Å². The number of nitrogens with zero attached hydrogens (tertiary/aromatic N) is 3. The molecular weight excluding hydrogens is 339 g/mol. The van der Waals surface area contributed by atoms with E-state index in [4.69, 9.17) is 11.6 Å². The van der Waals surface area contributed by atoms with Crippen molar-refractivity contribution in [2.45, 2.75) is 45.2 Å². The fourth-order valence-corrected chi connectivity index (χ4v) is 3.38. The number of rotatable bonds is 3. The quantitative estimate of drug-likeness (QED) is 0.809. The van der Waals surface area contributed by atoms with Crippen LogP contribution in [0.2, 0.25) is 5.02 Å². The molecule has 2 aromatic heterocycles. The SMILES string of the molecule is CC(C)(C)N1CCC(Nc2cc(-c3cccc(F)n3)c(Cl)cn2)CC1. The van der Waals surface area contributed by atoms with Gasteiger partial charge in [-0.15, -0.1) is 0 Å². The van der Waals surface area contributed by atoms with Gasteiger partial charge in [-0.2, -0.15) is 4.39 Å². The molecule has 0 aliphatic carbocycles. The first-order chi connectivity index (χ1) is 11.8. The van der Waals surface area contributed by atoms with Gasteiger partial charge in [0.1, 0.15) is 5.82 Å². The van der Waals surface area contributed by atoms with Gasteiger partial charge in [0.2, 0.25) is 5.95 Å². The molecule has 0 saturated carbocycles. The van der Waals surface area contributed by atoms with E-state index in [9.17, 15) is 4.39 Å². The summed E-state index contributed by atoms with van der Waals surface area (Å²) in [5.74, 6) is 0.231. The van der Waals surface area contributed by atoms with Crippen LogP contribution in [0.25, 0.3) is 11.3 Å². The van der Waals surface area contributed by atoms with Crippen LogP contribution in [0.5, 0.6) is 0 Å². The Bertz CT molecular complexity index is 736. The highest BCUT2D eigenvalue weighted by molar-refractivity contribution is 6.33. The van der Waals surface area contributed by atoms with Gasteiger partial charge in [0.15, 0.2) is 0 Å². The third-order valence-corrected chi connectivity index (χ3v) is 4.94. The van der Waals surface area contributed by atoms with Crippen LogP contribution in [-0.2, 0) is 0 Å². The second-order valence-electron chi connectivity index (χ2n) is 7.47. The molecule has 0 unspecified atom stereocenters. The predicted molar refractivity (Wildman–Crippen MR) is 100 cm³/mol. The standard InChI is InChI=1S/C19H24ClFN4/c1-19(2,3)25-9-7-13(8-10-25)23-18-11-14(15(20)12-22-18)16-5-4-6-17(21)24-16/h4-6,11-13H,7-10H2,1-3H3,(H,22,23). The number of pyridine rings is 2. The Hall–Kier alpha value is -1.72. The molecule has 0 radical (unpaired) electrons. The Morgan fingerprint density at radius 3 is 2.60 bits per heavy atom. The van der Waals surface area contributed by atoms with Gasteiger partial charge in [0.25, 0.3) is 0 Å². The van der Waals surface area contributed by atoms with Gasteiger partial charge in [0.05, 0.1) is 10.7 Å². The van der Waals surface area contributed by atoms with E-state index >= 15 is 0 Å². The molecular formula is C19H24ClFN4. The van der Waals surface area contributed by atoms with Gasteiger partial charge < -0.3 is 5.32 Å². The van der Waals surface area contributed by atoms with Crippen molar-refractivity contribution < 1.29 is 4.39 Å². The summed E-state index contributed by atoms with van der Waals surface area (Å²) in [5.41, 5.74) is 1.41. The highest BCUT2D eigenvalue weighted by Gasteiger charge is 2.27. The van der Waals surface area contributed by atoms with Crippen molar-refractivity contribution >= 4 is 17.4 Å². The van der Waals surface area contributed by atoms with E-state index in [0.717, 1.165) is 31.7 Å². The normalized spacial score (nSPS) is 16.8. The van der Waals surface area contributed by atoms with Gasteiger partial charge in [-0.3, -0.25) is 4.90 Å². The third kappa shape index (κ3) is 4.47. The van der Waals surface area contributed by atoms with Crippen molar-refractivity contribution in [3.63, 3.8) is 0 Å². The van der Waals surface area contributed by atoms with Gasteiger partial charge in [-0.05, 0) is 51.8 Å². The molecule has 0 aromatic carbocycles. The van der Waals surface area contributed by atoms with E-state index in [2.05, 4.69) is 41.0 Å². The first-order valence-electron chi connectivity index (χ1n) is 8.63. The molecule has 1 saturated heterocycles. The molecule has 1 N–H and O–H groups in total. The van der Waals surface area contributed by atoms with Crippen LogP contribution < -0.4 is 5.32 Å². The van der Waals surface area contributed by atoms with Crippen molar-refractivity contribution in [1.82, 2.24) is 14.9 Å². The topological polar surface area (TPSA) is 41.0 Å². The minimum absolute atomic E-state index is 0.208. The summed E-state index contributed by atoms with van der Waals surface area (Å²) in [5, 5.41) is 3.95. The molecule has 134 valence electrons. The number of likely N-dealkylation sites (tertiary alicyclic amines) is 1. The van der Waals surface area contributed by atoms with Crippen molar-refractivity contribution in [2.75, 3.05) is 18.4 Å². The number of aromatic nitrogens is 2. The van der Waals surface area contributed by atoms with E-state index < -0.39 is 5.95 Å². The largest absolute Gasteiger partial charge is 0.367 e. The van der Waals surface area contributed by atoms with Gasteiger partial charge in [0, 0.05) is 36.4 Å². The summed E-state index contributed by atoms with van der Waals surface area (Å²) < 4.78 is 13.4. The lowest BCUT2D eigenvalue weighted by atomic mass is 9.98. The number of nitrogens with one attached hydrogen (secondary N) is 1. The molecule has 0 amide bonds. The van der Waals surface area contributed by atoms with E-state index in [1.165, 1.54) is 6.07 Å². The first kappa shape index (κ1) is 18.1. The fraction of sp³-hybridized carbons (Fsp3) is 0.474. The molecule has 0 atom stereocenters. The minimum Gasteiger partial charge on any atom is -0.367 e. The van der Waals surface area contributed by atoms with E-state index in [1.807, 2.05) is 6.07 Å². The molecule has 1 aliphatic rings. The monoisotopic (exact) mass is 362 g/mol. The first-order valence-corrected chi connectivity index (χ1v) is 9.01. The van der Waals surface area contributed by atoms with Crippen LogP contribution in [0.3, 0.4) is 0 Å². The molecule has 6 heteroatoms. The van der Waals surface area contributed by atoms with Gasteiger partial charge in [-0.1, -0.05) is 17.7 Å². The highest BCUT2D eigenvalue weighted by atomic mass is 35.5. The minimum atomic E-state index is -0.519. The molecule has 25 heavy (non-hydrogen) atoms. The van der Waals surface area contributed by atoms with Crippen molar-refractivity contribution in [2.24, 2.45) is 0 Å². The Kier molecular flexibility index (Phi) is 5.25. The lowest BCUT2D eigenvalue weighted by molar-refractivity contribution is 0.106. The summed E-state index contributed by atoms with van der Waals surface area (Å²) in [7, 11) is 0. The van der Waals surface area contributed by atoms with Crippen LogP contribution in [-0.4, -0.2) is 39.5 Å². The summed E-state index contributed by atoms with van der Waals surface area (Å²) in [6, 6.07) is 6.92. The fourth-order valence-electron chi connectivity index (χ4n) is 3.18. The Morgan fingerprint density at radius 1 is 1.24 bits per heavy atom. The summed E-state index contributed by atoms with van der Waals surface area (Å²) in [6.45, 7) is 8.87. The summed E-state index contributed by atoms with van der Waals surface area (Å²) >= 11 is 6.24. The average molecular weight is 363 g/mol. The van der Waals surface area contributed by atoms with E-state index in [-0.39, 0.29) is 5.54 Å². The zero-order valence-corrected chi connectivity index (χ0v) is 15.6. The van der Waals surface area contributed by atoms with Crippen molar-refractivity contribution in [3.05, 3.63) is 41.4 Å². The Balaban J connectivity index is 1.71. The number of hydrogen-bond acceptors (Lipinski definition) is 4. The molecule has 3 rings (SSSR count). The predicted octanol–water partition coefficient (Wildman–Crippen LogP) is 4.61. The average Bonchev–Trinajstić information content (AvgIpc) is 2.56. The molecule has 3 heterocycles. The second-order valence-corrected chi connectivity index (χ2v) is 7.88. The van der Waals surface area contributed by atoms with Crippen molar-refractivity contribution in [3.8, 4) is 11.3 Å². The maximum atomic E-state index is 13.4.